The van der Waals surface area contributed by atoms with E-state index in [2.05, 4.69) is 0 Å². The van der Waals surface area contributed by atoms with E-state index in [1.54, 1.807) is 29.3 Å². The van der Waals surface area contributed by atoms with Gasteiger partial charge in [-0.2, -0.15) is 0 Å². The van der Waals surface area contributed by atoms with Gasteiger partial charge in [0.15, 0.2) is 6.61 Å². The Bertz CT molecular complexity index is 197. The summed E-state index contributed by atoms with van der Waals surface area (Å²) in [6.07, 6.45) is 3.54. The van der Waals surface area contributed by atoms with E-state index in [0.29, 0.717) is 6.61 Å². The zero-order valence-corrected chi connectivity index (χ0v) is 6.51. The topological polar surface area (TPSA) is 13.1 Å². The van der Waals surface area contributed by atoms with Crippen LogP contribution < -0.4 is 9.57 Å². The predicted molar refractivity (Wildman–Crippen MR) is 38.8 cm³/mol. The Balaban J connectivity index is 2.69. The highest BCUT2D eigenvalue weighted by Gasteiger charge is 1.96. The Kier molecular flexibility index (Phi) is 2.51. The highest BCUT2D eigenvalue weighted by Crippen LogP contribution is 2.01. The molecular weight excluding hydrogens is 150 g/mol. The van der Waals surface area contributed by atoms with Crippen LogP contribution in [0.15, 0.2) is 24.5 Å². The summed E-state index contributed by atoms with van der Waals surface area (Å²) in [7, 11) is 0. The normalized spacial score (nSPS) is 9.40. The number of rotatable bonds is 2. The first-order valence-electron chi connectivity index (χ1n) is 3.13. The SMILES string of the molecule is CCO[n+]1ccc(Cl)cc1. The molecule has 0 aliphatic rings. The van der Waals surface area contributed by atoms with Crippen molar-refractivity contribution < 1.29 is 9.57 Å². The lowest BCUT2D eigenvalue weighted by Gasteiger charge is -1.91. The van der Waals surface area contributed by atoms with Gasteiger partial charge in [-0.15, -0.1) is 0 Å². The van der Waals surface area contributed by atoms with Crippen LogP contribution in [-0.2, 0) is 0 Å². The summed E-state index contributed by atoms with van der Waals surface area (Å²) in [4.78, 5) is 5.12. The molecule has 3 heteroatoms. The first-order valence-corrected chi connectivity index (χ1v) is 3.51. The third-order valence-corrected chi connectivity index (χ3v) is 1.29. The van der Waals surface area contributed by atoms with Crippen molar-refractivity contribution in [3.8, 4) is 0 Å². The molecule has 54 valence electrons. The van der Waals surface area contributed by atoms with Gasteiger partial charge in [0.05, 0.1) is 5.02 Å². The van der Waals surface area contributed by atoms with Gasteiger partial charge in [0, 0.05) is 16.9 Å². The molecule has 0 fully saturated rings. The minimum atomic E-state index is 0.659. The molecule has 2 nitrogen and oxygen atoms in total. The van der Waals surface area contributed by atoms with Gasteiger partial charge in [-0.1, -0.05) is 11.6 Å². The summed E-state index contributed by atoms with van der Waals surface area (Å²) < 4.78 is 1.62. The van der Waals surface area contributed by atoms with E-state index in [0.717, 1.165) is 5.02 Å². The fraction of sp³-hybridized carbons (Fsp3) is 0.286. The maximum atomic E-state index is 5.64. The molecule has 0 aromatic carbocycles. The molecule has 1 heterocycles. The molecule has 0 aliphatic carbocycles. The third-order valence-electron chi connectivity index (χ3n) is 1.04. The van der Waals surface area contributed by atoms with Crippen LogP contribution in [0.25, 0.3) is 0 Å². The van der Waals surface area contributed by atoms with Crippen LogP contribution in [0.3, 0.4) is 0 Å². The number of hydrogen-bond donors (Lipinski definition) is 0. The zero-order valence-electron chi connectivity index (χ0n) is 5.75. The summed E-state index contributed by atoms with van der Waals surface area (Å²) in [5.74, 6) is 0. The smallest absolute Gasteiger partial charge is 0.223 e. The van der Waals surface area contributed by atoms with Crippen molar-refractivity contribution in [3.05, 3.63) is 29.5 Å². The van der Waals surface area contributed by atoms with E-state index in [4.69, 9.17) is 16.4 Å². The van der Waals surface area contributed by atoms with E-state index in [1.165, 1.54) is 0 Å². The fourth-order valence-electron chi connectivity index (χ4n) is 0.630. The first-order chi connectivity index (χ1) is 4.83. The van der Waals surface area contributed by atoms with Crippen LogP contribution in [-0.4, -0.2) is 6.61 Å². The highest BCUT2D eigenvalue weighted by atomic mass is 35.5. The summed E-state index contributed by atoms with van der Waals surface area (Å²) in [6, 6.07) is 3.55. The first kappa shape index (κ1) is 7.35. The monoisotopic (exact) mass is 158 g/mol. The standard InChI is InChI=1S/C7H9ClNO/c1-2-10-9-5-3-7(8)4-6-9/h3-6H,2H2,1H3/q+1. The van der Waals surface area contributed by atoms with Crippen molar-refractivity contribution in [2.75, 3.05) is 6.61 Å². The maximum Gasteiger partial charge on any atom is 0.223 e. The van der Waals surface area contributed by atoms with E-state index in [-0.39, 0.29) is 0 Å². The van der Waals surface area contributed by atoms with Crippen LogP contribution >= 0.6 is 11.6 Å². The third kappa shape index (κ3) is 1.88. The largest absolute Gasteiger partial charge is 0.272 e. The van der Waals surface area contributed by atoms with E-state index in [1.807, 2.05) is 6.92 Å². The Labute approximate surface area is 65.0 Å². The molecule has 1 aromatic heterocycles. The molecule has 0 N–H and O–H groups in total. The van der Waals surface area contributed by atoms with Gasteiger partial charge >= 0.3 is 0 Å². The minimum absolute atomic E-state index is 0.659. The number of aromatic nitrogens is 1. The van der Waals surface area contributed by atoms with Crippen molar-refractivity contribution in [1.82, 2.24) is 0 Å². The average molecular weight is 159 g/mol. The van der Waals surface area contributed by atoms with Crippen molar-refractivity contribution in [1.29, 1.82) is 0 Å². The summed E-state index contributed by atoms with van der Waals surface area (Å²) in [5, 5.41) is 0.718. The number of hydrogen-bond acceptors (Lipinski definition) is 1. The average Bonchev–Trinajstić information content (AvgIpc) is 1.95. The lowest BCUT2D eigenvalue weighted by molar-refractivity contribution is -0.890. The maximum absolute atomic E-state index is 5.64. The molecule has 0 spiro atoms. The predicted octanol–water partition coefficient (Wildman–Crippen LogP) is 1.08. The zero-order chi connectivity index (χ0) is 7.40. The van der Waals surface area contributed by atoms with Crippen LogP contribution in [0.1, 0.15) is 6.92 Å². The minimum Gasteiger partial charge on any atom is -0.272 e. The molecule has 0 amide bonds. The Morgan fingerprint density at radius 2 is 2.10 bits per heavy atom. The van der Waals surface area contributed by atoms with Crippen LogP contribution in [0.2, 0.25) is 5.02 Å². The number of nitrogens with zero attached hydrogens (tertiary/aromatic N) is 1. The van der Waals surface area contributed by atoms with Gasteiger partial charge in [0.2, 0.25) is 12.4 Å². The molecule has 0 radical (unpaired) electrons. The lowest BCUT2D eigenvalue weighted by Crippen LogP contribution is -2.41. The highest BCUT2D eigenvalue weighted by molar-refractivity contribution is 6.30. The Hall–Kier alpha value is -0.760. The van der Waals surface area contributed by atoms with Crippen LogP contribution in [0.5, 0.6) is 0 Å². The molecule has 0 saturated carbocycles. The molecule has 0 aliphatic heterocycles. The van der Waals surface area contributed by atoms with E-state index >= 15 is 0 Å². The molecule has 0 atom stereocenters. The second-order valence-corrected chi connectivity index (χ2v) is 2.23. The second kappa shape index (κ2) is 3.42. The van der Waals surface area contributed by atoms with Crippen molar-refractivity contribution in [2.24, 2.45) is 0 Å². The van der Waals surface area contributed by atoms with Gasteiger partial charge in [0.1, 0.15) is 0 Å². The van der Waals surface area contributed by atoms with E-state index in [9.17, 15) is 0 Å². The summed E-state index contributed by atoms with van der Waals surface area (Å²) >= 11 is 5.64. The molecule has 0 saturated heterocycles. The second-order valence-electron chi connectivity index (χ2n) is 1.79. The molecular formula is C7H9ClNO+. The Morgan fingerprint density at radius 3 is 2.60 bits per heavy atom. The van der Waals surface area contributed by atoms with Crippen molar-refractivity contribution in [2.45, 2.75) is 6.92 Å². The van der Waals surface area contributed by atoms with Crippen LogP contribution in [0.4, 0.5) is 0 Å². The van der Waals surface area contributed by atoms with Gasteiger partial charge in [0.25, 0.3) is 0 Å². The van der Waals surface area contributed by atoms with Crippen molar-refractivity contribution >= 4 is 11.6 Å². The van der Waals surface area contributed by atoms with E-state index < -0.39 is 0 Å². The van der Waals surface area contributed by atoms with Gasteiger partial charge in [-0.3, -0.25) is 4.84 Å². The summed E-state index contributed by atoms with van der Waals surface area (Å²) in [5.41, 5.74) is 0. The quantitative estimate of drug-likeness (QED) is 0.587. The van der Waals surface area contributed by atoms with Gasteiger partial charge in [-0.25, -0.2) is 0 Å². The molecule has 1 rings (SSSR count). The van der Waals surface area contributed by atoms with Crippen molar-refractivity contribution in [3.63, 3.8) is 0 Å². The molecule has 0 bridgehead atoms. The summed E-state index contributed by atoms with van der Waals surface area (Å²) in [6.45, 7) is 2.59. The van der Waals surface area contributed by atoms with Gasteiger partial charge in [-0.05, 0) is 6.92 Å². The molecule has 10 heavy (non-hydrogen) atoms. The lowest BCUT2D eigenvalue weighted by atomic mass is 10.5. The molecule has 1 aromatic rings. The van der Waals surface area contributed by atoms with Crippen LogP contribution in [0, 0.1) is 0 Å². The fourth-order valence-corrected chi connectivity index (χ4v) is 0.742. The van der Waals surface area contributed by atoms with Gasteiger partial charge < -0.3 is 0 Å². The number of pyridine rings is 1. The number of halogens is 1. The molecule has 0 unspecified atom stereocenters. The Morgan fingerprint density at radius 1 is 1.50 bits per heavy atom.